The van der Waals surface area contributed by atoms with E-state index in [1.807, 2.05) is 54.6 Å². The highest BCUT2D eigenvalue weighted by Crippen LogP contribution is 2.24. The van der Waals surface area contributed by atoms with Gasteiger partial charge in [0, 0.05) is 23.5 Å². The van der Waals surface area contributed by atoms with Gasteiger partial charge in [0.2, 0.25) is 0 Å². The third kappa shape index (κ3) is 3.23. The van der Waals surface area contributed by atoms with Crippen LogP contribution in [-0.4, -0.2) is 27.7 Å². The average molecular weight is 370 g/mol. The minimum atomic E-state index is -0.178. The van der Waals surface area contributed by atoms with E-state index in [0.717, 1.165) is 22.6 Å². The van der Waals surface area contributed by atoms with Crippen LogP contribution >= 0.6 is 0 Å². The lowest BCUT2D eigenvalue weighted by atomic mass is 10.00. The number of anilines is 1. The van der Waals surface area contributed by atoms with Crippen LogP contribution in [-0.2, 0) is 0 Å². The van der Waals surface area contributed by atoms with E-state index in [1.165, 1.54) is 10.9 Å². The largest absolute Gasteiger partial charge is 0.497 e. The van der Waals surface area contributed by atoms with E-state index in [1.54, 1.807) is 25.6 Å². The van der Waals surface area contributed by atoms with Gasteiger partial charge in [0.1, 0.15) is 11.6 Å². The number of nitrogens with zero attached hydrogens (tertiary/aromatic N) is 3. The number of nitrogens with two attached hydrogens (primary N) is 1. The van der Waals surface area contributed by atoms with Gasteiger partial charge >= 0.3 is 0 Å². The van der Waals surface area contributed by atoms with Crippen LogP contribution in [0.25, 0.3) is 16.8 Å². The van der Waals surface area contributed by atoms with E-state index < -0.39 is 0 Å². The van der Waals surface area contributed by atoms with Crippen molar-refractivity contribution in [2.75, 3.05) is 12.8 Å². The van der Waals surface area contributed by atoms with Gasteiger partial charge in [-0.2, -0.15) is 5.10 Å². The van der Waals surface area contributed by atoms with E-state index in [4.69, 9.17) is 10.5 Å². The van der Waals surface area contributed by atoms with Gasteiger partial charge < -0.3 is 10.5 Å². The number of carbonyl (C=O) groups excluding carboxylic acids is 1. The number of aromatic nitrogens is 3. The van der Waals surface area contributed by atoms with Crippen molar-refractivity contribution in [1.82, 2.24) is 14.8 Å². The molecule has 0 aliphatic rings. The van der Waals surface area contributed by atoms with Crippen molar-refractivity contribution in [2.24, 2.45) is 0 Å². The number of carbonyl (C=O) groups is 1. The molecular weight excluding hydrogens is 352 g/mol. The Bertz CT molecular complexity index is 1120. The van der Waals surface area contributed by atoms with Gasteiger partial charge in [-0.3, -0.25) is 9.78 Å². The first-order valence-electron chi connectivity index (χ1n) is 8.70. The third-order valence-electron chi connectivity index (χ3n) is 4.49. The molecule has 0 unspecified atom stereocenters. The molecule has 138 valence electrons. The number of nitrogen functional groups attached to an aromatic ring is 1. The lowest BCUT2D eigenvalue weighted by Gasteiger charge is -2.07. The van der Waals surface area contributed by atoms with Crippen molar-refractivity contribution in [3.8, 4) is 22.6 Å². The van der Waals surface area contributed by atoms with Crippen molar-refractivity contribution in [1.29, 1.82) is 0 Å². The summed E-state index contributed by atoms with van der Waals surface area (Å²) in [4.78, 5) is 17.2. The molecule has 0 spiro atoms. The Kier molecular flexibility index (Phi) is 4.60. The molecule has 0 bridgehead atoms. The molecule has 2 heterocycles. The third-order valence-corrected chi connectivity index (χ3v) is 4.49. The molecule has 2 aromatic carbocycles. The fourth-order valence-corrected chi connectivity index (χ4v) is 2.99. The van der Waals surface area contributed by atoms with Crippen LogP contribution in [0.4, 0.5) is 5.82 Å². The molecule has 6 heteroatoms. The first kappa shape index (κ1) is 17.5. The van der Waals surface area contributed by atoms with Crippen LogP contribution in [0.1, 0.15) is 15.9 Å². The molecule has 6 nitrogen and oxygen atoms in total. The van der Waals surface area contributed by atoms with Crippen LogP contribution < -0.4 is 10.5 Å². The minimum Gasteiger partial charge on any atom is -0.497 e. The van der Waals surface area contributed by atoms with Gasteiger partial charge in [-0.25, -0.2) is 4.68 Å². The molecular formula is C22H18N4O2. The highest BCUT2D eigenvalue weighted by atomic mass is 16.5. The number of rotatable bonds is 5. The normalized spacial score (nSPS) is 10.6. The molecule has 0 fully saturated rings. The molecule has 4 rings (SSSR count). The standard InChI is InChI=1S/C22H18N4O2/c1-28-19-9-7-18(8-10-19)26-22(23)20(14-25-26)21(27)16-5-2-4-15(12-16)17-6-3-11-24-13-17/h2-14H,23H2,1H3. The van der Waals surface area contributed by atoms with Crippen LogP contribution in [0.3, 0.4) is 0 Å². The lowest BCUT2D eigenvalue weighted by Crippen LogP contribution is -2.07. The maximum absolute atomic E-state index is 13.0. The molecule has 0 radical (unpaired) electrons. The number of hydrogen-bond donors (Lipinski definition) is 1. The van der Waals surface area contributed by atoms with Crippen LogP contribution in [0, 0.1) is 0 Å². The van der Waals surface area contributed by atoms with Crippen molar-refractivity contribution < 1.29 is 9.53 Å². The topological polar surface area (TPSA) is 83.0 Å². The Morgan fingerprint density at radius 1 is 1.00 bits per heavy atom. The summed E-state index contributed by atoms with van der Waals surface area (Å²) in [5.74, 6) is 0.850. The fraction of sp³-hybridized carbons (Fsp3) is 0.0455. The molecule has 0 saturated heterocycles. The second-order valence-electron chi connectivity index (χ2n) is 6.20. The zero-order chi connectivity index (χ0) is 19.5. The summed E-state index contributed by atoms with van der Waals surface area (Å²) >= 11 is 0. The Balaban J connectivity index is 1.67. The second kappa shape index (κ2) is 7.36. The fourth-order valence-electron chi connectivity index (χ4n) is 2.99. The van der Waals surface area contributed by atoms with E-state index in [2.05, 4.69) is 10.1 Å². The molecule has 2 N–H and O–H groups in total. The molecule has 0 amide bonds. The Hall–Kier alpha value is -3.93. The van der Waals surface area contributed by atoms with Gasteiger partial charge in [-0.15, -0.1) is 0 Å². The molecule has 0 aliphatic carbocycles. The number of pyridine rings is 1. The number of ketones is 1. The van der Waals surface area contributed by atoms with E-state index in [-0.39, 0.29) is 5.78 Å². The summed E-state index contributed by atoms with van der Waals surface area (Å²) in [6.07, 6.45) is 4.98. The first-order valence-corrected chi connectivity index (χ1v) is 8.70. The number of ether oxygens (including phenoxy) is 1. The van der Waals surface area contributed by atoms with Crippen molar-refractivity contribution in [2.45, 2.75) is 0 Å². The predicted octanol–water partition coefficient (Wildman–Crippen LogP) is 3.76. The predicted molar refractivity (Wildman–Crippen MR) is 108 cm³/mol. The number of methoxy groups -OCH3 is 1. The highest BCUT2D eigenvalue weighted by Gasteiger charge is 2.18. The Morgan fingerprint density at radius 3 is 2.50 bits per heavy atom. The van der Waals surface area contributed by atoms with Crippen LogP contribution in [0.5, 0.6) is 5.75 Å². The van der Waals surface area contributed by atoms with Gasteiger partial charge in [0.25, 0.3) is 0 Å². The molecule has 0 aliphatic heterocycles. The Labute approximate surface area is 162 Å². The summed E-state index contributed by atoms with van der Waals surface area (Å²) in [5.41, 5.74) is 9.75. The van der Waals surface area contributed by atoms with Gasteiger partial charge in [-0.05, 0) is 42.0 Å². The summed E-state index contributed by atoms with van der Waals surface area (Å²) in [6, 6.07) is 18.5. The molecule has 0 atom stereocenters. The van der Waals surface area contributed by atoms with Crippen molar-refractivity contribution in [3.05, 3.63) is 90.4 Å². The van der Waals surface area contributed by atoms with Gasteiger partial charge in [0.05, 0.1) is 24.6 Å². The van der Waals surface area contributed by atoms with E-state index in [0.29, 0.717) is 16.9 Å². The summed E-state index contributed by atoms with van der Waals surface area (Å²) < 4.78 is 6.70. The summed E-state index contributed by atoms with van der Waals surface area (Å²) in [6.45, 7) is 0. The summed E-state index contributed by atoms with van der Waals surface area (Å²) in [7, 11) is 1.60. The van der Waals surface area contributed by atoms with E-state index in [9.17, 15) is 4.79 Å². The Morgan fingerprint density at radius 2 is 1.79 bits per heavy atom. The van der Waals surface area contributed by atoms with Crippen molar-refractivity contribution >= 4 is 11.6 Å². The minimum absolute atomic E-state index is 0.178. The summed E-state index contributed by atoms with van der Waals surface area (Å²) in [5, 5.41) is 4.29. The lowest BCUT2D eigenvalue weighted by molar-refractivity contribution is 0.103. The molecule has 4 aromatic rings. The van der Waals surface area contributed by atoms with Crippen molar-refractivity contribution in [3.63, 3.8) is 0 Å². The SMILES string of the molecule is COc1ccc(-n2ncc(C(=O)c3cccc(-c4cccnc4)c3)c2N)cc1. The second-order valence-corrected chi connectivity index (χ2v) is 6.20. The number of benzene rings is 2. The highest BCUT2D eigenvalue weighted by molar-refractivity contribution is 6.12. The maximum Gasteiger partial charge on any atom is 0.198 e. The van der Waals surface area contributed by atoms with Gasteiger partial charge in [-0.1, -0.05) is 24.3 Å². The number of hydrogen-bond acceptors (Lipinski definition) is 5. The van der Waals surface area contributed by atoms with E-state index >= 15 is 0 Å². The smallest absolute Gasteiger partial charge is 0.198 e. The zero-order valence-corrected chi connectivity index (χ0v) is 15.2. The molecule has 28 heavy (non-hydrogen) atoms. The zero-order valence-electron chi connectivity index (χ0n) is 15.2. The average Bonchev–Trinajstić information content (AvgIpc) is 3.15. The van der Waals surface area contributed by atoms with Gasteiger partial charge in [0.15, 0.2) is 5.78 Å². The molecule has 0 saturated carbocycles. The monoisotopic (exact) mass is 370 g/mol. The van der Waals surface area contributed by atoms with Crippen LogP contribution in [0.2, 0.25) is 0 Å². The quantitative estimate of drug-likeness (QED) is 0.541. The van der Waals surface area contributed by atoms with Crippen LogP contribution in [0.15, 0.2) is 79.3 Å². The first-order chi connectivity index (χ1) is 13.7. The molecule has 2 aromatic heterocycles. The maximum atomic E-state index is 13.0.